The number of amidine groups is 1. The van der Waals surface area contributed by atoms with Crippen molar-refractivity contribution in [2.24, 2.45) is 4.99 Å². The van der Waals surface area contributed by atoms with E-state index in [2.05, 4.69) is 15.6 Å². The van der Waals surface area contributed by atoms with Crippen LogP contribution < -0.4 is 10.6 Å². The average Bonchev–Trinajstić information content (AvgIpc) is 2.66. The fourth-order valence-electron chi connectivity index (χ4n) is 1.17. The molecule has 0 aromatic carbocycles. The SMILES string of the molecule is CC(NC(=O)OC(C)(C)C)C(=O)NC1=NCCS1. The first-order valence-corrected chi connectivity index (χ1v) is 6.74. The lowest BCUT2D eigenvalue weighted by atomic mass is 10.2. The number of alkyl carbamates (subject to hydrolysis) is 1. The summed E-state index contributed by atoms with van der Waals surface area (Å²) >= 11 is 1.49. The molecule has 2 amide bonds. The third-order valence-corrected chi connectivity index (χ3v) is 2.83. The summed E-state index contributed by atoms with van der Waals surface area (Å²) in [5, 5.41) is 5.73. The maximum absolute atomic E-state index is 11.7. The molecule has 0 bridgehead atoms. The lowest BCUT2D eigenvalue weighted by Crippen LogP contribution is -2.47. The molecule has 7 heteroatoms. The number of hydrogen-bond donors (Lipinski definition) is 2. The number of carbonyl (C=O) groups excluding carboxylic acids is 2. The molecule has 6 nitrogen and oxygen atoms in total. The Bertz CT molecular complexity index is 363. The lowest BCUT2D eigenvalue weighted by Gasteiger charge is -2.21. The molecule has 1 unspecified atom stereocenters. The molecule has 1 aliphatic rings. The van der Waals surface area contributed by atoms with E-state index in [-0.39, 0.29) is 5.91 Å². The number of rotatable bonds is 2. The highest BCUT2D eigenvalue weighted by Gasteiger charge is 2.22. The topological polar surface area (TPSA) is 79.8 Å². The molecular formula is C11H19N3O3S. The van der Waals surface area contributed by atoms with Gasteiger partial charge in [-0.05, 0) is 27.7 Å². The maximum atomic E-state index is 11.7. The highest BCUT2D eigenvalue weighted by Crippen LogP contribution is 2.09. The van der Waals surface area contributed by atoms with Gasteiger partial charge in [-0.1, -0.05) is 11.8 Å². The number of nitrogens with one attached hydrogen (secondary N) is 2. The molecule has 18 heavy (non-hydrogen) atoms. The van der Waals surface area contributed by atoms with Crippen molar-refractivity contribution in [2.45, 2.75) is 39.3 Å². The van der Waals surface area contributed by atoms with E-state index in [1.54, 1.807) is 27.7 Å². The Morgan fingerprint density at radius 1 is 1.44 bits per heavy atom. The summed E-state index contributed by atoms with van der Waals surface area (Å²) in [7, 11) is 0. The quantitative estimate of drug-likeness (QED) is 0.790. The van der Waals surface area contributed by atoms with Crippen molar-refractivity contribution in [3.63, 3.8) is 0 Å². The van der Waals surface area contributed by atoms with Gasteiger partial charge in [0, 0.05) is 5.75 Å². The molecule has 102 valence electrons. The second kappa shape index (κ2) is 6.08. The summed E-state index contributed by atoms with van der Waals surface area (Å²) < 4.78 is 5.06. The Balaban J connectivity index is 2.37. The third-order valence-electron chi connectivity index (χ3n) is 1.94. The van der Waals surface area contributed by atoms with Crippen molar-refractivity contribution >= 4 is 28.9 Å². The molecule has 1 aliphatic heterocycles. The summed E-state index contributed by atoms with van der Waals surface area (Å²) in [6.07, 6.45) is -0.605. The summed E-state index contributed by atoms with van der Waals surface area (Å²) in [4.78, 5) is 27.3. The zero-order chi connectivity index (χ0) is 13.8. The molecule has 0 spiro atoms. The zero-order valence-electron chi connectivity index (χ0n) is 11.1. The predicted molar refractivity (Wildman–Crippen MR) is 71.7 cm³/mol. The van der Waals surface area contributed by atoms with Gasteiger partial charge in [-0.3, -0.25) is 9.79 Å². The minimum absolute atomic E-state index is 0.297. The summed E-state index contributed by atoms with van der Waals surface area (Å²) in [6, 6.07) is -0.663. The molecular weight excluding hydrogens is 254 g/mol. The second-order valence-corrected chi connectivity index (χ2v) is 5.98. The molecule has 0 fully saturated rings. The highest BCUT2D eigenvalue weighted by atomic mass is 32.2. The molecule has 1 rings (SSSR count). The van der Waals surface area contributed by atoms with Gasteiger partial charge in [0.15, 0.2) is 5.17 Å². The first kappa shape index (κ1) is 14.8. The van der Waals surface area contributed by atoms with Crippen LogP contribution in [0.1, 0.15) is 27.7 Å². The van der Waals surface area contributed by atoms with Gasteiger partial charge in [-0.15, -0.1) is 0 Å². The van der Waals surface area contributed by atoms with Gasteiger partial charge in [0.2, 0.25) is 5.91 Å². The molecule has 0 saturated heterocycles. The van der Waals surface area contributed by atoms with Crippen LogP contribution in [-0.2, 0) is 9.53 Å². The van der Waals surface area contributed by atoms with E-state index in [1.165, 1.54) is 11.8 Å². The summed E-state index contributed by atoms with van der Waals surface area (Å²) in [5.74, 6) is 0.581. The van der Waals surface area contributed by atoms with E-state index in [1.807, 2.05) is 0 Å². The molecule has 0 saturated carbocycles. The van der Waals surface area contributed by atoms with Crippen LogP contribution in [0.2, 0.25) is 0 Å². The van der Waals surface area contributed by atoms with Gasteiger partial charge in [-0.25, -0.2) is 4.79 Å². The van der Waals surface area contributed by atoms with Crippen molar-refractivity contribution in [1.82, 2.24) is 10.6 Å². The van der Waals surface area contributed by atoms with Crippen molar-refractivity contribution < 1.29 is 14.3 Å². The van der Waals surface area contributed by atoms with Crippen molar-refractivity contribution in [1.29, 1.82) is 0 Å². The molecule has 1 heterocycles. The van der Waals surface area contributed by atoms with E-state index >= 15 is 0 Å². The van der Waals surface area contributed by atoms with Crippen LogP contribution in [0, 0.1) is 0 Å². The number of nitrogens with zero attached hydrogens (tertiary/aromatic N) is 1. The van der Waals surface area contributed by atoms with Gasteiger partial charge in [0.05, 0.1) is 6.54 Å². The molecule has 0 aromatic heterocycles. The number of aliphatic imine (C=N–C) groups is 1. The number of hydrogen-bond acceptors (Lipinski definition) is 5. The molecule has 0 aliphatic carbocycles. The lowest BCUT2D eigenvalue weighted by molar-refractivity contribution is -0.121. The minimum atomic E-state index is -0.663. The van der Waals surface area contributed by atoms with Gasteiger partial charge >= 0.3 is 6.09 Å². The Labute approximate surface area is 111 Å². The number of thioether (sulfide) groups is 1. The molecule has 0 aromatic rings. The van der Waals surface area contributed by atoms with Crippen LogP contribution >= 0.6 is 11.8 Å². The minimum Gasteiger partial charge on any atom is -0.444 e. The fraction of sp³-hybridized carbons (Fsp3) is 0.727. The average molecular weight is 273 g/mol. The Hall–Kier alpha value is -1.24. The third kappa shape index (κ3) is 5.39. The summed E-state index contributed by atoms with van der Waals surface area (Å²) in [5.41, 5.74) is -0.578. The van der Waals surface area contributed by atoms with Crippen LogP contribution in [-0.4, -0.2) is 41.1 Å². The number of ether oxygens (including phenoxy) is 1. The van der Waals surface area contributed by atoms with E-state index < -0.39 is 17.7 Å². The van der Waals surface area contributed by atoms with Crippen LogP contribution in [0.5, 0.6) is 0 Å². The highest BCUT2D eigenvalue weighted by molar-refractivity contribution is 8.14. The Morgan fingerprint density at radius 2 is 2.11 bits per heavy atom. The van der Waals surface area contributed by atoms with Gasteiger partial charge < -0.3 is 15.4 Å². The van der Waals surface area contributed by atoms with E-state index in [0.717, 1.165) is 5.75 Å². The van der Waals surface area contributed by atoms with Crippen molar-refractivity contribution in [2.75, 3.05) is 12.3 Å². The van der Waals surface area contributed by atoms with E-state index in [9.17, 15) is 9.59 Å². The van der Waals surface area contributed by atoms with Crippen LogP contribution in [0.3, 0.4) is 0 Å². The standard InChI is InChI=1S/C11H19N3O3S/c1-7(13-10(16)17-11(2,3)4)8(15)14-9-12-5-6-18-9/h7H,5-6H2,1-4H3,(H,13,16)(H,12,14,15). The van der Waals surface area contributed by atoms with Crippen LogP contribution in [0.25, 0.3) is 0 Å². The molecule has 0 radical (unpaired) electrons. The normalized spacial score (nSPS) is 16.8. The smallest absolute Gasteiger partial charge is 0.408 e. The first-order valence-electron chi connectivity index (χ1n) is 5.75. The Morgan fingerprint density at radius 3 is 2.61 bits per heavy atom. The molecule has 2 N–H and O–H groups in total. The van der Waals surface area contributed by atoms with Gasteiger partial charge in [-0.2, -0.15) is 0 Å². The number of carbonyl (C=O) groups is 2. The van der Waals surface area contributed by atoms with Gasteiger partial charge in [0.1, 0.15) is 11.6 Å². The van der Waals surface area contributed by atoms with Crippen LogP contribution in [0.4, 0.5) is 4.79 Å². The fourth-order valence-corrected chi connectivity index (χ4v) is 1.91. The zero-order valence-corrected chi connectivity index (χ0v) is 11.9. The van der Waals surface area contributed by atoms with Crippen molar-refractivity contribution in [3.8, 4) is 0 Å². The van der Waals surface area contributed by atoms with Crippen LogP contribution in [0.15, 0.2) is 4.99 Å². The number of amides is 2. The Kier molecular flexibility index (Phi) is 5.01. The maximum Gasteiger partial charge on any atom is 0.408 e. The van der Waals surface area contributed by atoms with Gasteiger partial charge in [0.25, 0.3) is 0 Å². The van der Waals surface area contributed by atoms with Crippen molar-refractivity contribution in [3.05, 3.63) is 0 Å². The second-order valence-electron chi connectivity index (χ2n) is 4.89. The predicted octanol–water partition coefficient (Wildman–Crippen LogP) is 1.12. The first-order chi connectivity index (χ1) is 8.28. The largest absolute Gasteiger partial charge is 0.444 e. The monoisotopic (exact) mass is 273 g/mol. The summed E-state index contributed by atoms with van der Waals surface area (Å²) in [6.45, 7) is 7.61. The van der Waals surface area contributed by atoms with E-state index in [4.69, 9.17) is 4.74 Å². The van der Waals surface area contributed by atoms with E-state index in [0.29, 0.717) is 11.7 Å². The molecule has 1 atom stereocenters.